The Bertz CT molecular complexity index is 335. The molecule has 1 heterocycles. The van der Waals surface area contributed by atoms with Crippen LogP contribution in [0.5, 0.6) is 0 Å². The van der Waals surface area contributed by atoms with Crippen LogP contribution in [0.4, 0.5) is 0 Å². The highest BCUT2D eigenvalue weighted by Crippen LogP contribution is 2.13. The van der Waals surface area contributed by atoms with Gasteiger partial charge >= 0.3 is 0 Å². The van der Waals surface area contributed by atoms with Gasteiger partial charge in [-0.05, 0) is 18.4 Å². The maximum absolute atomic E-state index is 5.50. The molecule has 0 fully saturated rings. The summed E-state index contributed by atoms with van der Waals surface area (Å²) in [6.45, 7) is 0.554. The molecule has 1 aromatic rings. The van der Waals surface area contributed by atoms with Crippen LogP contribution in [0.2, 0.25) is 0 Å². The van der Waals surface area contributed by atoms with Crippen LogP contribution >= 0.6 is 0 Å². The van der Waals surface area contributed by atoms with Gasteiger partial charge in [0.1, 0.15) is 6.10 Å². The van der Waals surface area contributed by atoms with E-state index in [2.05, 4.69) is 29.4 Å². The minimum Gasteiger partial charge on any atom is -0.391 e. The number of rotatable bonds is 4. The van der Waals surface area contributed by atoms with Crippen molar-refractivity contribution >= 4 is 5.71 Å². The van der Waals surface area contributed by atoms with Gasteiger partial charge in [0.15, 0.2) is 0 Å². The molecule has 3 heteroatoms. The van der Waals surface area contributed by atoms with Crippen molar-refractivity contribution in [3.05, 3.63) is 35.9 Å². The molecule has 0 aliphatic carbocycles. The molecule has 1 atom stereocenters. The largest absolute Gasteiger partial charge is 0.391 e. The molecule has 15 heavy (non-hydrogen) atoms. The van der Waals surface area contributed by atoms with Crippen LogP contribution in [0.25, 0.3) is 0 Å². The first kappa shape index (κ1) is 10.2. The second-order valence-electron chi connectivity index (χ2n) is 3.81. The first-order valence-electron chi connectivity index (χ1n) is 5.34. The van der Waals surface area contributed by atoms with E-state index in [9.17, 15) is 0 Å². The lowest BCUT2D eigenvalue weighted by Crippen LogP contribution is -2.19. The van der Waals surface area contributed by atoms with Gasteiger partial charge in [-0.25, -0.2) is 0 Å². The van der Waals surface area contributed by atoms with Crippen molar-refractivity contribution in [2.24, 2.45) is 10.9 Å². The molecule has 2 N–H and O–H groups in total. The van der Waals surface area contributed by atoms with Crippen molar-refractivity contribution < 1.29 is 4.84 Å². The van der Waals surface area contributed by atoms with E-state index in [1.807, 2.05) is 6.07 Å². The summed E-state index contributed by atoms with van der Waals surface area (Å²) in [5.41, 5.74) is 7.98. The third-order valence-corrected chi connectivity index (χ3v) is 2.60. The quantitative estimate of drug-likeness (QED) is 0.811. The second kappa shape index (κ2) is 4.94. The highest BCUT2D eigenvalue weighted by atomic mass is 16.6. The van der Waals surface area contributed by atoms with Crippen LogP contribution in [0.1, 0.15) is 18.4 Å². The van der Waals surface area contributed by atoms with E-state index in [-0.39, 0.29) is 6.10 Å². The zero-order valence-electron chi connectivity index (χ0n) is 8.73. The zero-order chi connectivity index (χ0) is 10.5. The lowest BCUT2D eigenvalue weighted by molar-refractivity contribution is 0.0918. The third kappa shape index (κ3) is 2.80. The highest BCUT2D eigenvalue weighted by molar-refractivity contribution is 5.85. The van der Waals surface area contributed by atoms with Crippen LogP contribution in [0, 0.1) is 0 Å². The fourth-order valence-corrected chi connectivity index (χ4v) is 1.69. The molecular weight excluding hydrogens is 188 g/mol. The number of hydrogen-bond donors (Lipinski definition) is 1. The SMILES string of the molecule is NCC1CC(CCc2ccccc2)=NO1. The van der Waals surface area contributed by atoms with Gasteiger partial charge in [0, 0.05) is 13.0 Å². The molecule has 0 spiro atoms. The average molecular weight is 204 g/mol. The first-order chi connectivity index (χ1) is 7.38. The fraction of sp³-hybridized carbons (Fsp3) is 0.417. The first-order valence-corrected chi connectivity index (χ1v) is 5.34. The van der Waals surface area contributed by atoms with Crippen LogP contribution in [-0.4, -0.2) is 18.4 Å². The molecule has 80 valence electrons. The Labute approximate surface area is 89.9 Å². The Morgan fingerprint density at radius 3 is 2.73 bits per heavy atom. The van der Waals surface area contributed by atoms with Gasteiger partial charge in [-0.1, -0.05) is 35.5 Å². The number of nitrogens with two attached hydrogens (primary N) is 1. The molecule has 0 saturated carbocycles. The summed E-state index contributed by atoms with van der Waals surface area (Å²) in [4.78, 5) is 5.17. The van der Waals surface area contributed by atoms with E-state index in [1.54, 1.807) is 0 Å². The number of hydrogen-bond acceptors (Lipinski definition) is 3. The number of benzene rings is 1. The molecular formula is C12H16N2O. The summed E-state index contributed by atoms with van der Waals surface area (Å²) in [7, 11) is 0. The van der Waals surface area contributed by atoms with Gasteiger partial charge in [-0.3, -0.25) is 0 Å². The van der Waals surface area contributed by atoms with Crippen LogP contribution in [0.15, 0.2) is 35.5 Å². The fourth-order valence-electron chi connectivity index (χ4n) is 1.69. The predicted molar refractivity (Wildman–Crippen MR) is 60.7 cm³/mol. The van der Waals surface area contributed by atoms with Crippen LogP contribution in [0.3, 0.4) is 0 Å². The van der Waals surface area contributed by atoms with Crippen molar-refractivity contribution in [2.45, 2.75) is 25.4 Å². The minimum atomic E-state index is 0.107. The maximum atomic E-state index is 5.50. The molecule has 1 aromatic carbocycles. The van der Waals surface area contributed by atoms with Gasteiger partial charge in [0.25, 0.3) is 0 Å². The Morgan fingerprint density at radius 1 is 1.27 bits per heavy atom. The molecule has 0 bridgehead atoms. The van der Waals surface area contributed by atoms with Crippen molar-refractivity contribution in [1.82, 2.24) is 0 Å². The minimum absolute atomic E-state index is 0.107. The van der Waals surface area contributed by atoms with Gasteiger partial charge in [-0.15, -0.1) is 0 Å². The third-order valence-electron chi connectivity index (χ3n) is 2.60. The van der Waals surface area contributed by atoms with E-state index in [1.165, 1.54) is 5.56 Å². The lowest BCUT2D eigenvalue weighted by atomic mass is 10.0. The van der Waals surface area contributed by atoms with Crippen LogP contribution < -0.4 is 5.73 Å². The topological polar surface area (TPSA) is 47.6 Å². The summed E-state index contributed by atoms with van der Waals surface area (Å²) in [5.74, 6) is 0. The van der Waals surface area contributed by atoms with E-state index in [4.69, 9.17) is 10.6 Å². The van der Waals surface area contributed by atoms with Gasteiger partial charge in [0.05, 0.1) is 5.71 Å². The number of aryl methyl sites for hydroxylation is 1. The zero-order valence-corrected chi connectivity index (χ0v) is 8.73. The summed E-state index contributed by atoms with van der Waals surface area (Å²) >= 11 is 0. The number of nitrogens with zero attached hydrogens (tertiary/aromatic N) is 1. The molecule has 3 nitrogen and oxygen atoms in total. The van der Waals surface area contributed by atoms with Crippen molar-refractivity contribution in [3.63, 3.8) is 0 Å². The molecule has 0 aromatic heterocycles. The van der Waals surface area contributed by atoms with Crippen molar-refractivity contribution in [3.8, 4) is 0 Å². The molecule has 0 amide bonds. The Balaban J connectivity index is 1.80. The van der Waals surface area contributed by atoms with Crippen LogP contribution in [-0.2, 0) is 11.3 Å². The molecule has 2 rings (SSSR count). The predicted octanol–water partition coefficient (Wildman–Crippen LogP) is 1.72. The van der Waals surface area contributed by atoms with Crippen molar-refractivity contribution in [2.75, 3.05) is 6.54 Å². The van der Waals surface area contributed by atoms with Gasteiger partial charge < -0.3 is 10.6 Å². The summed E-state index contributed by atoms with van der Waals surface area (Å²) in [6, 6.07) is 10.4. The Hall–Kier alpha value is -1.35. The monoisotopic (exact) mass is 204 g/mol. The van der Waals surface area contributed by atoms with E-state index >= 15 is 0 Å². The number of oxime groups is 1. The van der Waals surface area contributed by atoms with E-state index in [0.29, 0.717) is 6.54 Å². The highest BCUT2D eigenvalue weighted by Gasteiger charge is 2.18. The Kier molecular flexibility index (Phi) is 3.35. The van der Waals surface area contributed by atoms with E-state index < -0.39 is 0 Å². The standard InChI is InChI=1S/C12H16N2O/c13-9-12-8-11(14-15-12)7-6-10-4-2-1-3-5-10/h1-5,12H,6-9,13H2. The van der Waals surface area contributed by atoms with E-state index in [0.717, 1.165) is 25.0 Å². The molecule has 1 aliphatic rings. The van der Waals surface area contributed by atoms with Gasteiger partial charge in [0.2, 0.25) is 0 Å². The molecule has 0 saturated heterocycles. The maximum Gasteiger partial charge on any atom is 0.145 e. The lowest BCUT2D eigenvalue weighted by Gasteiger charge is -2.02. The Morgan fingerprint density at radius 2 is 2.07 bits per heavy atom. The normalized spacial score (nSPS) is 19.8. The molecule has 1 unspecified atom stereocenters. The summed E-state index contributed by atoms with van der Waals surface area (Å²) in [5, 5.41) is 4.04. The summed E-state index contributed by atoms with van der Waals surface area (Å²) in [6.07, 6.45) is 3.00. The van der Waals surface area contributed by atoms with Crippen molar-refractivity contribution in [1.29, 1.82) is 0 Å². The smallest absolute Gasteiger partial charge is 0.145 e. The molecule has 0 radical (unpaired) electrons. The average Bonchev–Trinajstić information content (AvgIpc) is 2.76. The molecule has 1 aliphatic heterocycles. The van der Waals surface area contributed by atoms with Gasteiger partial charge in [-0.2, -0.15) is 0 Å². The second-order valence-corrected chi connectivity index (χ2v) is 3.81. The summed E-state index contributed by atoms with van der Waals surface area (Å²) < 4.78 is 0.